The van der Waals surface area contributed by atoms with E-state index in [4.69, 9.17) is 14.7 Å². The van der Waals surface area contributed by atoms with Crippen molar-refractivity contribution in [2.75, 3.05) is 25.7 Å². The largest absolute Gasteiger partial charge is 0.493 e. The molecule has 0 radical (unpaired) electrons. The van der Waals surface area contributed by atoms with E-state index in [-0.39, 0.29) is 17.6 Å². The molecule has 0 aliphatic rings. The number of imidazole rings is 1. The second-order valence-electron chi connectivity index (χ2n) is 7.55. The summed E-state index contributed by atoms with van der Waals surface area (Å²) in [6.07, 6.45) is -3.67. The van der Waals surface area contributed by atoms with E-state index in [2.05, 4.69) is 0 Å². The van der Waals surface area contributed by atoms with E-state index in [9.17, 15) is 26.4 Å². The highest BCUT2D eigenvalue weighted by Gasteiger charge is 2.33. The molecule has 8 nitrogen and oxygen atoms in total. The molecule has 0 N–H and O–H groups in total. The second kappa shape index (κ2) is 9.42. The number of hydrogen-bond acceptors (Lipinski definition) is 6. The Bertz CT molecular complexity index is 1420. The van der Waals surface area contributed by atoms with Gasteiger partial charge in [0.1, 0.15) is 16.4 Å². The number of aromatic nitrogens is 2. The van der Waals surface area contributed by atoms with Crippen LogP contribution in [0.15, 0.2) is 41.2 Å². The molecular formula is C22H22F3N3O5S. The van der Waals surface area contributed by atoms with Crippen LogP contribution >= 0.6 is 0 Å². The number of rotatable bonds is 8. The molecule has 0 spiro atoms. The smallest absolute Gasteiger partial charge is 0.416 e. The van der Waals surface area contributed by atoms with Crippen molar-refractivity contribution in [3.63, 3.8) is 0 Å². The van der Waals surface area contributed by atoms with Crippen molar-refractivity contribution in [2.45, 2.75) is 25.7 Å². The van der Waals surface area contributed by atoms with Crippen molar-refractivity contribution >= 4 is 20.9 Å². The van der Waals surface area contributed by atoms with Gasteiger partial charge in [-0.05, 0) is 42.8 Å². The molecule has 34 heavy (non-hydrogen) atoms. The fourth-order valence-corrected chi connectivity index (χ4v) is 4.67. The van der Waals surface area contributed by atoms with Crippen LogP contribution < -0.4 is 15.2 Å². The third-order valence-corrected chi connectivity index (χ3v) is 6.08. The molecule has 0 bridgehead atoms. The van der Waals surface area contributed by atoms with Crippen molar-refractivity contribution in [1.82, 2.24) is 9.13 Å². The van der Waals surface area contributed by atoms with E-state index in [1.54, 1.807) is 25.1 Å². The molecule has 3 rings (SSSR count). The van der Waals surface area contributed by atoms with Crippen LogP contribution in [-0.2, 0) is 22.6 Å². The lowest BCUT2D eigenvalue weighted by Crippen LogP contribution is -2.31. The number of alkyl halides is 3. The molecule has 0 aliphatic carbocycles. The van der Waals surface area contributed by atoms with Crippen LogP contribution in [0.3, 0.4) is 0 Å². The molecule has 0 saturated carbocycles. The van der Waals surface area contributed by atoms with Gasteiger partial charge >= 0.3 is 11.9 Å². The van der Waals surface area contributed by atoms with Crippen molar-refractivity contribution in [3.8, 4) is 17.6 Å². The summed E-state index contributed by atoms with van der Waals surface area (Å²) < 4.78 is 77.4. The summed E-state index contributed by atoms with van der Waals surface area (Å²) >= 11 is 0. The van der Waals surface area contributed by atoms with Gasteiger partial charge in [0.2, 0.25) is 0 Å². The van der Waals surface area contributed by atoms with Gasteiger partial charge in [-0.25, -0.2) is 13.2 Å². The Kier molecular flexibility index (Phi) is 6.97. The number of hydrogen-bond donors (Lipinski definition) is 0. The molecule has 0 aliphatic heterocycles. The molecular weight excluding hydrogens is 475 g/mol. The monoisotopic (exact) mass is 497 g/mol. The second-order valence-corrected chi connectivity index (χ2v) is 9.73. The fourth-order valence-electron chi connectivity index (χ4n) is 3.76. The molecule has 3 aromatic rings. The lowest BCUT2D eigenvalue weighted by molar-refractivity contribution is -0.137. The molecule has 2 aromatic carbocycles. The van der Waals surface area contributed by atoms with Gasteiger partial charge in [-0.2, -0.15) is 18.4 Å². The van der Waals surface area contributed by atoms with E-state index in [0.717, 1.165) is 33.6 Å². The molecule has 0 saturated heterocycles. The maximum Gasteiger partial charge on any atom is 0.416 e. The lowest BCUT2D eigenvalue weighted by atomic mass is 10.1. The zero-order chi connectivity index (χ0) is 25.3. The number of benzene rings is 2. The minimum absolute atomic E-state index is 0.0654. The maximum absolute atomic E-state index is 13.3. The van der Waals surface area contributed by atoms with E-state index in [1.807, 2.05) is 0 Å². The standard InChI is InChI=1S/C22H22F3N3O5S/c1-4-33-20-11-14(5-8-19(20)32-2)18(13-34(3,30)31)28-16-7-6-15(22(23,24)25)12-17(16)27(10-9-26)21(28)29/h5-8,11-12,18H,4,10,13H2,1-3H3/t18-/m1/s1. The van der Waals surface area contributed by atoms with Gasteiger partial charge in [0.25, 0.3) is 0 Å². The van der Waals surface area contributed by atoms with Crippen molar-refractivity contribution in [3.05, 3.63) is 58.0 Å². The van der Waals surface area contributed by atoms with E-state index in [1.165, 1.54) is 13.2 Å². The van der Waals surface area contributed by atoms with Crippen LogP contribution in [0.1, 0.15) is 24.1 Å². The summed E-state index contributed by atoms with van der Waals surface area (Å²) in [5.41, 5.74) is -1.49. The minimum Gasteiger partial charge on any atom is -0.493 e. The van der Waals surface area contributed by atoms with Crippen molar-refractivity contribution < 1.29 is 31.1 Å². The summed E-state index contributed by atoms with van der Waals surface area (Å²) in [6, 6.07) is 8.00. The average Bonchev–Trinajstić information content (AvgIpc) is 3.02. The molecule has 1 atom stereocenters. The zero-order valence-electron chi connectivity index (χ0n) is 18.6. The van der Waals surface area contributed by atoms with Gasteiger partial charge in [0, 0.05) is 6.26 Å². The lowest BCUT2D eigenvalue weighted by Gasteiger charge is -2.20. The molecule has 1 heterocycles. The third-order valence-electron chi connectivity index (χ3n) is 5.16. The zero-order valence-corrected chi connectivity index (χ0v) is 19.4. The van der Waals surface area contributed by atoms with Crippen molar-refractivity contribution in [2.24, 2.45) is 0 Å². The van der Waals surface area contributed by atoms with Gasteiger partial charge in [-0.1, -0.05) is 6.07 Å². The number of sulfone groups is 1. The normalized spacial score (nSPS) is 13.0. The average molecular weight is 497 g/mol. The molecule has 12 heteroatoms. The maximum atomic E-state index is 13.3. The van der Waals surface area contributed by atoms with Crippen LogP contribution in [0.5, 0.6) is 11.5 Å². The predicted octanol–water partition coefficient (Wildman–Crippen LogP) is 3.39. The number of methoxy groups -OCH3 is 1. The van der Waals surface area contributed by atoms with Crippen LogP contribution in [0.4, 0.5) is 13.2 Å². The summed E-state index contributed by atoms with van der Waals surface area (Å²) in [5.74, 6) is 0.185. The van der Waals surface area contributed by atoms with E-state index >= 15 is 0 Å². The highest BCUT2D eigenvalue weighted by molar-refractivity contribution is 7.90. The minimum atomic E-state index is -4.67. The Morgan fingerprint density at radius 3 is 2.38 bits per heavy atom. The molecule has 0 fully saturated rings. The van der Waals surface area contributed by atoms with Crippen LogP contribution in [0, 0.1) is 11.3 Å². The quantitative estimate of drug-likeness (QED) is 0.473. The van der Waals surface area contributed by atoms with Gasteiger partial charge < -0.3 is 9.47 Å². The highest BCUT2D eigenvalue weighted by Crippen LogP contribution is 2.35. The highest BCUT2D eigenvalue weighted by atomic mass is 32.2. The fraction of sp³-hybridized carbons (Fsp3) is 0.364. The molecule has 0 unspecified atom stereocenters. The topological polar surface area (TPSA) is 103 Å². The number of nitrogens with zero attached hydrogens (tertiary/aromatic N) is 3. The SMILES string of the molecule is CCOc1cc([C@@H](CS(C)(=O)=O)n2c(=O)n(CC#N)c3cc(C(F)(F)F)ccc32)ccc1OC. The summed E-state index contributed by atoms with van der Waals surface area (Å²) in [4.78, 5) is 13.3. The predicted molar refractivity (Wildman–Crippen MR) is 119 cm³/mol. The molecule has 0 amide bonds. The first kappa shape index (κ1) is 25.2. The first-order chi connectivity index (χ1) is 15.9. The first-order valence-corrected chi connectivity index (χ1v) is 12.1. The van der Waals surface area contributed by atoms with Crippen LogP contribution in [0.2, 0.25) is 0 Å². The Labute approximate surface area is 193 Å². The Morgan fingerprint density at radius 2 is 1.82 bits per heavy atom. The van der Waals surface area contributed by atoms with Gasteiger partial charge in [0.05, 0.1) is 48.2 Å². The number of ether oxygens (including phenoxy) is 2. The van der Waals surface area contributed by atoms with Crippen molar-refractivity contribution in [1.29, 1.82) is 5.26 Å². The first-order valence-electron chi connectivity index (χ1n) is 10.1. The number of halogens is 3. The number of nitriles is 1. The van der Waals surface area contributed by atoms with Gasteiger partial charge in [-0.3, -0.25) is 9.13 Å². The van der Waals surface area contributed by atoms with Crippen LogP contribution in [0.25, 0.3) is 11.0 Å². The molecule has 182 valence electrons. The molecule has 1 aromatic heterocycles. The Balaban J connectivity index is 2.35. The summed E-state index contributed by atoms with van der Waals surface area (Å²) in [5, 5.41) is 9.17. The van der Waals surface area contributed by atoms with E-state index in [0.29, 0.717) is 17.1 Å². The van der Waals surface area contributed by atoms with E-state index < -0.39 is 45.6 Å². The Hall–Kier alpha value is -3.46. The number of fused-ring (bicyclic) bond motifs is 1. The Morgan fingerprint density at radius 1 is 1.12 bits per heavy atom. The summed E-state index contributed by atoms with van der Waals surface area (Å²) in [6.45, 7) is 1.53. The van der Waals surface area contributed by atoms with Gasteiger partial charge in [0.15, 0.2) is 11.5 Å². The van der Waals surface area contributed by atoms with Crippen LogP contribution in [-0.4, -0.2) is 43.3 Å². The summed E-state index contributed by atoms with van der Waals surface area (Å²) in [7, 11) is -2.23. The van der Waals surface area contributed by atoms with Gasteiger partial charge in [-0.15, -0.1) is 0 Å². The third kappa shape index (κ3) is 5.04.